The van der Waals surface area contributed by atoms with Gasteiger partial charge in [-0.25, -0.2) is 4.99 Å². The number of amides is 1. The summed E-state index contributed by atoms with van der Waals surface area (Å²) in [6.45, 7) is 2.52. The highest BCUT2D eigenvalue weighted by atomic mass is 35.5. The van der Waals surface area contributed by atoms with Crippen LogP contribution in [0.1, 0.15) is 16.7 Å². The van der Waals surface area contributed by atoms with E-state index in [4.69, 9.17) is 34.8 Å². The molecule has 3 aromatic carbocycles. The fourth-order valence-corrected chi connectivity index (χ4v) is 5.22. The molecule has 0 atom stereocenters. The number of halogens is 3. The summed E-state index contributed by atoms with van der Waals surface area (Å²) in [5.74, 6) is -0.181. The Kier molecular flexibility index (Phi) is 6.45. The van der Waals surface area contributed by atoms with E-state index in [0.29, 0.717) is 37.4 Å². The van der Waals surface area contributed by atoms with E-state index in [0.717, 1.165) is 27.6 Å². The molecule has 1 aliphatic heterocycles. The van der Waals surface area contributed by atoms with Gasteiger partial charge in [-0.2, -0.15) is 0 Å². The molecule has 1 N–H and O–H groups in total. The Morgan fingerprint density at radius 3 is 2.65 bits per heavy atom. The first kappa shape index (κ1) is 23.1. The molecule has 1 aliphatic rings. The van der Waals surface area contributed by atoms with E-state index < -0.39 is 0 Å². The summed E-state index contributed by atoms with van der Waals surface area (Å²) in [6, 6.07) is 19.1. The Bertz CT molecular complexity index is 1510. The molecule has 1 fully saturated rings. The van der Waals surface area contributed by atoms with Crippen LogP contribution in [0.15, 0.2) is 76.8 Å². The van der Waals surface area contributed by atoms with E-state index in [2.05, 4.69) is 20.9 Å². The molecule has 1 amide bonds. The topological polar surface area (TPSA) is 46.4 Å². The number of thioether (sulfide) groups is 1. The number of carbonyl (C=O) groups excluding carboxylic acids is 1. The van der Waals surface area contributed by atoms with Gasteiger partial charge in [-0.3, -0.25) is 4.79 Å². The minimum atomic E-state index is -0.181. The molecule has 0 aliphatic carbocycles. The summed E-state index contributed by atoms with van der Waals surface area (Å²) >= 11 is 20.0. The summed E-state index contributed by atoms with van der Waals surface area (Å²) < 4.78 is 2.12. The van der Waals surface area contributed by atoms with Crippen LogP contribution in [-0.4, -0.2) is 15.6 Å². The van der Waals surface area contributed by atoms with E-state index in [1.807, 2.05) is 61.7 Å². The Morgan fingerprint density at radius 2 is 1.85 bits per heavy atom. The summed E-state index contributed by atoms with van der Waals surface area (Å²) in [7, 11) is 0. The minimum Gasteiger partial charge on any atom is -0.342 e. The van der Waals surface area contributed by atoms with Crippen molar-refractivity contribution in [2.75, 3.05) is 0 Å². The van der Waals surface area contributed by atoms with Gasteiger partial charge in [0, 0.05) is 44.3 Å². The number of rotatable bonds is 4. The first-order chi connectivity index (χ1) is 16.4. The van der Waals surface area contributed by atoms with Crippen molar-refractivity contribution in [3.8, 4) is 0 Å². The molecule has 8 heteroatoms. The number of aryl methyl sites for hydroxylation is 1. The fourth-order valence-electron chi connectivity index (χ4n) is 3.74. The lowest BCUT2D eigenvalue weighted by Gasteiger charge is -2.08. The molecule has 0 spiro atoms. The van der Waals surface area contributed by atoms with E-state index in [-0.39, 0.29) is 5.91 Å². The van der Waals surface area contributed by atoms with Gasteiger partial charge in [0.15, 0.2) is 5.17 Å². The molecule has 0 unspecified atom stereocenters. The maximum Gasteiger partial charge on any atom is 0.264 e. The zero-order valence-electron chi connectivity index (χ0n) is 18.0. The number of amidine groups is 1. The average Bonchev–Trinajstić information content (AvgIpc) is 3.33. The number of hydrogen-bond acceptors (Lipinski definition) is 3. The van der Waals surface area contributed by atoms with Gasteiger partial charge in [0.2, 0.25) is 0 Å². The number of nitrogens with zero attached hydrogens (tertiary/aromatic N) is 2. The Labute approximate surface area is 216 Å². The van der Waals surface area contributed by atoms with Crippen molar-refractivity contribution in [3.63, 3.8) is 0 Å². The molecule has 4 nitrogen and oxygen atoms in total. The van der Waals surface area contributed by atoms with Gasteiger partial charge in [0.05, 0.1) is 10.6 Å². The molecule has 2 heterocycles. The van der Waals surface area contributed by atoms with Crippen LogP contribution < -0.4 is 5.32 Å². The minimum absolute atomic E-state index is 0.181. The summed E-state index contributed by atoms with van der Waals surface area (Å²) in [5, 5.41) is 6.27. The van der Waals surface area contributed by atoms with Crippen LogP contribution in [0.5, 0.6) is 0 Å². The molecule has 4 aromatic rings. The number of nitrogens with one attached hydrogen (secondary N) is 1. The van der Waals surface area contributed by atoms with Crippen LogP contribution in [0.4, 0.5) is 5.69 Å². The predicted octanol–water partition coefficient (Wildman–Crippen LogP) is 7.85. The largest absolute Gasteiger partial charge is 0.342 e. The van der Waals surface area contributed by atoms with Crippen molar-refractivity contribution in [2.24, 2.45) is 4.99 Å². The number of benzene rings is 3. The lowest BCUT2D eigenvalue weighted by molar-refractivity contribution is -0.115. The fraction of sp³-hybridized carbons (Fsp3) is 0.0769. The monoisotopic (exact) mass is 525 g/mol. The van der Waals surface area contributed by atoms with E-state index >= 15 is 0 Å². The number of para-hydroxylation sites is 1. The van der Waals surface area contributed by atoms with Gasteiger partial charge in [-0.15, -0.1) is 0 Å². The van der Waals surface area contributed by atoms with Crippen LogP contribution in [0, 0.1) is 6.92 Å². The average molecular weight is 527 g/mol. The number of aromatic nitrogens is 1. The SMILES string of the molecule is Cc1ccc(N=C2NC(=O)/C(=C/c3cn(Cc4ccc(Cl)cc4Cl)c4ccccc34)S2)cc1Cl. The Morgan fingerprint density at radius 1 is 1.03 bits per heavy atom. The first-order valence-corrected chi connectivity index (χ1v) is 12.4. The third-order valence-electron chi connectivity index (χ3n) is 5.50. The zero-order chi connectivity index (χ0) is 23.8. The van der Waals surface area contributed by atoms with Gasteiger partial charge in [0.1, 0.15) is 0 Å². The van der Waals surface area contributed by atoms with Crippen molar-refractivity contribution in [3.05, 3.63) is 104 Å². The molecule has 5 rings (SSSR count). The second-order valence-electron chi connectivity index (χ2n) is 7.88. The van der Waals surface area contributed by atoms with Crippen LogP contribution in [0.3, 0.4) is 0 Å². The van der Waals surface area contributed by atoms with Gasteiger partial charge in [-0.1, -0.05) is 65.1 Å². The second-order valence-corrected chi connectivity index (χ2v) is 10.2. The lowest BCUT2D eigenvalue weighted by atomic mass is 10.1. The van der Waals surface area contributed by atoms with E-state index in [1.165, 1.54) is 11.8 Å². The summed E-state index contributed by atoms with van der Waals surface area (Å²) in [4.78, 5) is 17.8. The highest BCUT2D eigenvalue weighted by molar-refractivity contribution is 8.18. The summed E-state index contributed by atoms with van der Waals surface area (Å²) in [6.07, 6.45) is 3.93. The van der Waals surface area contributed by atoms with E-state index in [9.17, 15) is 4.79 Å². The van der Waals surface area contributed by atoms with Crippen molar-refractivity contribution in [2.45, 2.75) is 13.5 Å². The molecule has 0 bridgehead atoms. The van der Waals surface area contributed by atoms with Crippen molar-refractivity contribution in [1.29, 1.82) is 0 Å². The van der Waals surface area contributed by atoms with Gasteiger partial charge in [0.25, 0.3) is 5.91 Å². The molecular weight excluding hydrogens is 509 g/mol. The molecule has 0 saturated carbocycles. The smallest absolute Gasteiger partial charge is 0.264 e. The molecular formula is C26H18Cl3N3OS. The van der Waals surface area contributed by atoms with Crippen molar-refractivity contribution < 1.29 is 4.79 Å². The first-order valence-electron chi connectivity index (χ1n) is 10.4. The van der Waals surface area contributed by atoms with Crippen molar-refractivity contribution in [1.82, 2.24) is 9.88 Å². The maximum atomic E-state index is 12.7. The quantitative estimate of drug-likeness (QED) is 0.275. The third kappa shape index (κ3) is 4.75. The van der Waals surface area contributed by atoms with Gasteiger partial charge < -0.3 is 9.88 Å². The zero-order valence-corrected chi connectivity index (χ0v) is 21.1. The van der Waals surface area contributed by atoms with Crippen LogP contribution >= 0.6 is 46.6 Å². The maximum absolute atomic E-state index is 12.7. The molecule has 34 heavy (non-hydrogen) atoms. The number of carbonyl (C=O) groups is 1. The standard InChI is InChI=1S/C26H18Cl3N3OS/c1-15-6-9-19(12-21(15)28)30-26-31-25(33)24(34-26)10-17-14-32(23-5-3-2-4-20(17)23)13-16-7-8-18(27)11-22(16)29/h2-12,14H,13H2,1H3,(H,30,31,33)/b24-10-. The molecule has 170 valence electrons. The predicted molar refractivity (Wildman–Crippen MR) is 144 cm³/mol. The normalized spacial score (nSPS) is 16.1. The van der Waals surface area contributed by atoms with Crippen LogP contribution in [0.2, 0.25) is 15.1 Å². The lowest BCUT2D eigenvalue weighted by Crippen LogP contribution is -2.19. The van der Waals surface area contributed by atoms with Gasteiger partial charge in [-0.05, 0) is 66.2 Å². The molecule has 0 radical (unpaired) electrons. The van der Waals surface area contributed by atoms with Crippen LogP contribution in [-0.2, 0) is 11.3 Å². The summed E-state index contributed by atoms with van der Waals surface area (Å²) in [5.41, 5.74) is 4.62. The second kappa shape index (κ2) is 9.51. The molecule has 1 aromatic heterocycles. The number of aliphatic imine (C=N–C) groups is 1. The number of hydrogen-bond donors (Lipinski definition) is 1. The number of fused-ring (bicyclic) bond motifs is 1. The Balaban J connectivity index is 1.47. The highest BCUT2D eigenvalue weighted by Gasteiger charge is 2.24. The van der Waals surface area contributed by atoms with Crippen molar-refractivity contribution >= 4 is 80.3 Å². The van der Waals surface area contributed by atoms with Gasteiger partial charge >= 0.3 is 0 Å². The molecule has 1 saturated heterocycles. The highest BCUT2D eigenvalue weighted by Crippen LogP contribution is 2.32. The Hall–Kier alpha value is -2.70. The third-order valence-corrected chi connectivity index (χ3v) is 7.40. The van der Waals surface area contributed by atoms with Crippen LogP contribution in [0.25, 0.3) is 17.0 Å². The van der Waals surface area contributed by atoms with E-state index in [1.54, 1.807) is 12.1 Å².